The number of alkyl halides is 3. The Hall–Kier alpha value is -3.36. The summed E-state index contributed by atoms with van der Waals surface area (Å²) >= 11 is 0. The summed E-state index contributed by atoms with van der Waals surface area (Å²) in [6.45, 7) is 1.84. The SMILES string of the molecule is CCC(CCNC)Nc1cccc2c1cc(C#CCNc1ccc(S(C)(=O)=O)cc1OC)n2CC(F)(F)F. The summed E-state index contributed by atoms with van der Waals surface area (Å²) in [4.78, 5) is 0.114. The third-order valence-electron chi connectivity index (χ3n) is 6.06. The van der Waals surface area contributed by atoms with Crippen LogP contribution in [0.2, 0.25) is 0 Å². The number of methoxy groups -OCH3 is 1. The van der Waals surface area contributed by atoms with Crippen molar-refractivity contribution in [2.24, 2.45) is 0 Å². The van der Waals surface area contributed by atoms with Gasteiger partial charge in [0.15, 0.2) is 9.84 Å². The number of aromatic nitrogens is 1. The van der Waals surface area contributed by atoms with Crippen LogP contribution < -0.4 is 20.7 Å². The van der Waals surface area contributed by atoms with Crippen molar-refractivity contribution in [1.82, 2.24) is 9.88 Å². The van der Waals surface area contributed by atoms with Crippen LogP contribution in [0, 0.1) is 11.8 Å². The van der Waals surface area contributed by atoms with E-state index in [0.717, 1.165) is 31.3 Å². The molecule has 3 aromatic rings. The molecular weight excluding hydrogens is 517 g/mol. The Kier molecular flexibility index (Phi) is 9.57. The minimum atomic E-state index is -4.42. The highest BCUT2D eigenvalue weighted by Gasteiger charge is 2.30. The fourth-order valence-corrected chi connectivity index (χ4v) is 4.74. The molecule has 2 aromatic carbocycles. The highest BCUT2D eigenvalue weighted by atomic mass is 32.2. The van der Waals surface area contributed by atoms with Gasteiger partial charge in [0.1, 0.15) is 12.3 Å². The van der Waals surface area contributed by atoms with Gasteiger partial charge >= 0.3 is 6.18 Å². The number of sulfone groups is 1. The highest BCUT2D eigenvalue weighted by Crippen LogP contribution is 2.31. The Morgan fingerprint density at radius 2 is 1.89 bits per heavy atom. The second kappa shape index (κ2) is 12.5. The lowest BCUT2D eigenvalue weighted by Gasteiger charge is -2.19. The van der Waals surface area contributed by atoms with Gasteiger partial charge in [-0.3, -0.25) is 0 Å². The van der Waals surface area contributed by atoms with E-state index < -0.39 is 22.6 Å². The minimum Gasteiger partial charge on any atom is -0.495 e. The molecule has 1 aromatic heterocycles. The highest BCUT2D eigenvalue weighted by molar-refractivity contribution is 7.90. The second-order valence-electron chi connectivity index (χ2n) is 8.90. The van der Waals surface area contributed by atoms with Crippen LogP contribution in [0.25, 0.3) is 10.9 Å². The van der Waals surface area contributed by atoms with E-state index in [1.807, 2.05) is 13.1 Å². The number of benzene rings is 2. The number of ether oxygens (including phenoxy) is 1. The van der Waals surface area contributed by atoms with E-state index in [4.69, 9.17) is 4.74 Å². The van der Waals surface area contributed by atoms with Gasteiger partial charge in [0.25, 0.3) is 0 Å². The van der Waals surface area contributed by atoms with Gasteiger partial charge in [0.05, 0.1) is 35.4 Å². The predicted octanol–water partition coefficient (Wildman–Crippen LogP) is 4.88. The zero-order valence-corrected chi connectivity index (χ0v) is 22.7. The molecular formula is C27H33F3N4O3S. The van der Waals surface area contributed by atoms with Gasteiger partial charge in [-0.2, -0.15) is 13.2 Å². The van der Waals surface area contributed by atoms with Crippen LogP contribution >= 0.6 is 0 Å². The molecule has 1 heterocycles. The van der Waals surface area contributed by atoms with Crippen LogP contribution in [0.5, 0.6) is 5.75 Å². The zero-order chi connectivity index (χ0) is 27.9. The molecule has 3 N–H and O–H groups in total. The maximum Gasteiger partial charge on any atom is 0.406 e. The number of hydrogen-bond donors (Lipinski definition) is 3. The van der Waals surface area contributed by atoms with E-state index in [1.54, 1.807) is 24.3 Å². The summed E-state index contributed by atoms with van der Waals surface area (Å²) < 4.78 is 70.5. The van der Waals surface area contributed by atoms with E-state index in [2.05, 4.69) is 34.7 Å². The third-order valence-corrected chi connectivity index (χ3v) is 7.17. The summed E-state index contributed by atoms with van der Waals surface area (Å²) in [7, 11) is -0.104. The Morgan fingerprint density at radius 1 is 1.13 bits per heavy atom. The molecule has 0 radical (unpaired) electrons. The first kappa shape index (κ1) is 29.2. The van der Waals surface area contributed by atoms with Gasteiger partial charge < -0.3 is 25.3 Å². The van der Waals surface area contributed by atoms with E-state index in [0.29, 0.717) is 22.3 Å². The van der Waals surface area contributed by atoms with Crippen molar-refractivity contribution in [3.63, 3.8) is 0 Å². The summed E-state index contributed by atoms with van der Waals surface area (Å²) in [5.41, 5.74) is 1.98. The molecule has 0 amide bonds. The summed E-state index contributed by atoms with van der Waals surface area (Å²) in [6, 6.07) is 11.5. The fourth-order valence-electron chi connectivity index (χ4n) is 4.10. The van der Waals surface area contributed by atoms with E-state index in [-0.39, 0.29) is 23.2 Å². The van der Waals surface area contributed by atoms with Gasteiger partial charge in [-0.15, -0.1) is 0 Å². The summed E-state index contributed by atoms with van der Waals surface area (Å²) in [6.07, 6.45) is -1.57. The third kappa shape index (κ3) is 7.58. The number of halogens is 3. The molecule has 0 aliphatic rings. The van der Waals surface area contributed by atoms with Crippen LogP contribution in [-0.4, -0.2) is 58.7 Å². The monoisotopic (exact) mass is 550 g/mol. The van der Waals surface area contributed by atoms with Gasteiger partial charge in [-0.05, 0) is 62.7 Å². The quantitative estimate of drug-likeness (QED) is 0.295. The first-order valence-corrected chi connectivity index (χ1v) is 14.1. The van der Waals surface area contributed by atoms with Crippen molar-refractivity contribution in [3.8, 4) is 17.6 Å². The Bertz CT molecular complexity index is 1420. The van der Waals surface area contributed by atoms with E-state index in [9.17, 15) is 21.6 Å². The molecule has 1 atom stereocenters. The number of nitrogens with one attached hydrogen (secondary N) is 3. The van der Waals surface area contributed by atoms with Crippen LogP contribution in [0.3, 0.4) is 0 Å². The minimum absolute atomic E-state index is 0.106. The predicted molar refractivity (Wildman–Crippen MR) is 146 cm³/mol. The molecule has 1 unspecified atom stereocenters. The molecule has 0 saturated heterocycles. The lowest BCUT2D eigenvalue weighted by molar-refractivity contribution is -0.140. The number of anilines is 2. The van der Waals surface area contributed by atoms with E-state index in [1.165, 1.54) is 23.8 Å². The summed E-state index contributed by atoms with van der Waals surface area (Å²) in [5, 5.41) is 10.3. The molecule has 0 saturated carbocycles. The molecule has 7 nitrogen and oxygen atoms in total. The Labute approximate surface area is 221 Å². The molecule has 0 bridgehead atoms. The fraction of sp³-hybridized carbons (Fsp3) is 0.407. The van der Waals surface area contributed by atoms with Crippen molar-refractivity contribution in [3.05, 3.63) is 48.2 Å². The molecule has 3 rings (SSSR count). The smallest absolute Gasteiger partial charge is 0.406 e. The second-order valence-corrected chi connectivity index (χ2v) is 10.9. The standard InChI is InChI=1S/C27H33F3N4O3S/c1-5-19(13-15-31-2)33-23-9-6-10-25-22(23)16-20(34(25)18-27(28,29)30)8-7-14-32-24-12-11-21(38(4,35)36)17-26(24)37-3/h6,9-12,16-17,19,31-33H,5,13-15,18H2,1-4H3. The van der Waals surface area contributed by atoms with Crippen molar-refractivity contribution in [2.75, 3.05) is 44.1 Å². The largest absolute Gasteiger partial charge is 0.495 e. The normalized spacial score (nSPS) is 12.6. The van der Waals surface area contributed by atoms with Gasteiger partial charge in [0, 0.05) is 29.4 Å². The first-order chi connectivity index (χ1) is 18.0. The number of hydrogen-bond acceptors (Lipinski definition) is 6. The van der Waals surface area contributed by atoms with Crippen molar-refractivity contribution >= 4 is 32.1 Å². The molecule has 11 heteroatoms. The van der Waals surface area contributed by atoms with Gasteiger partial charge in [-0.25, -0.2) is 8.42 Å². The molecule has 0 aliphatic heterocycles. The lowest BCUT2D eigenvalue weighted by atomic mass is 10.1. The van der Waals surface area contributed by atoms with Gasteiger partial charge in [0.2, 0.25) is 0 Å². The van der Waals surface area contributed by atoms with Crippen molar-refractivity contribution in [2.45, 2.75) is 43.4 Å². The van der Waals surface area contributed by atoms with Crippen LogP contribution in [0.4, 0.5) is 24.5 Å². The number of rotatable bonds is 11. The van der Waals surface area contributed by atoms with E-state index >= 15 is 0 Å². The topological polar surface area (TPSA) is 84.4 Å². The van der Waals surface area contributed by atoms with Crippen LogP contribution in [0.15, 0.2) is 47.4 Å². The van der Waals surface area contributed by atoms with Gasteiger partial charge in [-0.1, -0.05) is 18.9 Å². The average molecular weight is 551 g/mol. The average Bonchev–Trinajstić information content (AvgIpc) is 3.20. The van der Waals surface area contributed by atoms with Crippen LogP contribution in [-0.2, 0) is 16.4 Å². The van der Waals surface area contributed by atoms with Crippen molar-refractivity contribution < 1.29 is 26.3 Å². The Balaban J connectivity index is 1.90. The number of fused-ring (bicyclic) bond motifs is 1. The molecule has 206 valence electrons. The molecule has 0 aliphatic carbocycles. The first-order valence-electron chi connectivity index (χ1n) is 12.2. The molecule has 0 spiro atoms. The maximum absolute atomic E-state index is 13.5. The maximum atomic E-state index is 13.5. The number of nitrogens with zero attached hydrogens (tertiary/aromatic N) is 1. The molecule has 38 heavy (non-hydrogen) atoms. The van der Waals surface area contributed by atoms with Crippen LogP contribution in [0.1, 0.15) is 25.5 Å². The Morgan fingerprint density at radius 3 is 2.53 bits per heavy atom. The molecule has 0 fully saturated rings. The van der Waals surface area contributed by atoms with Crippen molar-refractivity contribution in [1.29, 1.82) is 0 Å². The zero-order valence-electron chi connectivity index (χ0n) is 21.9. The lowest BCUT2D eigenvalue weighted by Crippen LogP contribution is -2.23. The summed E-state index contributed by atoms with van der Waals surface area (Å²) in [5.74, 6) is 6.07.